The summed E-state index contributed by atoms with van der Waals surface area (Å²) in [6.45, 7) is 2.96. The molecule has 0 aliphatic carbocycles. The summed E-state index contributed by atoms with van der Waals surface area (Å²) in [6, 6.07) is 16.4. The summed E-state index contributed by atoms with van der Waals surface area (Å²) in [5.74, 6) is 0.891. The molecule has 2 nitrogen and oxygen atoms in total. The number of benzene rings is 2. The molecular formula is C17H15ClINO. The van der Waals surface area contributed by atoms with E-state index in [1.54, 1.807) is 0 Å². The Bertz CT molecular complexity index is 768. The molecule has 0 amide bonds. The number of hydrogen-bond donors (Lipinski definition) is 1. The lowest BCUT2D eigenvalue weighted by Crippen LogP contribution is -2.21. The molecule has 1 aromatic heterocycles. The fourth-order valence-corrected chi connectivity index (χ4v) is 3.25. The van der Waals surface area contributed by atoms with Gasteiger partial charge >= 0.3 is 0 Å². The van der Waals surface area contributed by atoms with Crippen molar-refractivity contribution in [3.8, 4) is 0 Å². The molecule has 108 valence electrons. The molecule has 1 heterocycles. The van der Waals surface area contributed by atoms with Gasteiger partial charge in [-0.2, -0.15) is 0 Å². The maximum atomic E-state index is 6.21. The number of para-hydroxylation sites is 1. The fourth-order valence-electron chi connectivity index (χ4n) is 2.46. The minimum atomic E-state index is 0.0354. The Kier molecular flexibility index (Phi) is 4.52. The molecule has 21 heavy (non-hydrogen) atoms. The lowest BCUT2D eigenvalue weighted by Gasteiger charge is -2.16. The van der Waals surface area contributed by atoms with Crippen LogP contribution in [0.3, 0.4) is 0 Å². The van der Waals surface area contributed by atoms with Crippen molar-refractivity contribution in [3.63, 3.8) is 0 Å². The van der Waals surface area contributed by atoms with E-state index in [1.807, 2.05) is 18.2 Å². The third-order valence-corrected chi connectivity index (χ3v) is 4.36. The first-order chi connectivity index (χ1) is 10.2. The second-order valence-corrected chi connectivity index (χ2v) is 6.51. The molecule has 0 radical (unpaired) electrons. The highest BCUT2D eigenvalue weighted by Gasteiger charge is 2.18. The minimum absolute atomic E-state index is 0.0354. The Morgan fingerprint density at radius 3 is 2.71 bits per heavy atom. The highest BCUT2D eigenvalue weighted by molar-refractivity contribution is 14.1. The van der Waals surface area contributed by atoms with Gasteiger partial charge in [-0.05, 0) is 59.0 Å². The normalized spacial score (nSPS) is 12.7. The predicted octanol–water partition coefficient (Wildman–Crippen LogP) is 5.39. The maximum Gasteiger partial charge on any atom is 0.152 e. The topological polar surface area (TPSA) is 25.2 Å². The average Bonchev–Trinajstić information content (AvgIpc) is 2.90. The van der Waals surface area contributed by atoms with E-state index >= 15 is 0 Å². The Hall–Kier alpha value is -1.04. The zero-order chi connectivity index (χ0) is 14.8. The van der Waals surface area contributed by atoms with E-state index in [-0.39, 0.29) is 6.04 Å². The van der Waals surface area contributed by atoms with Gasteiger partial charge < -0.3 is 9.73 Å². The lowest BCUT2D eigenvalue weighted by molar-refractivity contribution is 0.477. The first-order valence-electron chi connectivity index (χ1n) is 6.86. The second kappa shape index (κ2) is 6.38. The quantitative estimate of drug-likeness (QED) is 0.582. The smallest absolute Gasteiger partial charge is 0.152 e. The van der Waals surface area contributed by atoms with E-state index in [9.17, 15) is 0 Å². The predicted molar refractivity (Wildman–Crippen MR) is 95.9 cm³/mol. The van der Waals surface area contributed by atoms with Gasteiger partial charge in [0.1, 0.15) is 5.76 Å². The summed E-state index contributed by atoms with van der Waals surface area (Å²) in [5, 5.41) is 5.17. The monoisotopic (exact) mass is 411 g/mol. The van der Waals surface area contributed by atoms with Gasteiger partial charge in [0.15, 0.2) is 5.58 Å². The molecule has 1 atom stereocenters. The maximum absolute atomic E-state index is 6.21. The number of hydrogen-bond acceptors (Lipinski definition) is 2. The van der Waals surface area contributed by atoms with Crippen LogP contribution in [0.4, 0.5) is 0 Å². The van der Waals surface area contributed by atoms with E-state index in [0.717, 1.165) is 23.3 Å². The third kappa shape index (κ3) is 3.10. The average molecular weight is 412 g/mol. The van der Waals surface area contributed by atoms with Crippen molar-refractivity contribution < 1.29 is 4.42 Å². The van der Waals surface area contributed by atoms with Crippen molar-refractivity contribution in [2.75, 3.05) is 6.54 Å². The largest absolute Gasteiger partial charge is 0.457 e. The Balaban J connectivity index is 2.09. The van der Waals surface area contributed by atoms with Crippen LogP contribution in [0.15, 0.2) is 52.9 Å². The van der Waals surface area contributed by atoms with E-state index in [0.29, 0.717) is 5.02 Å². The van der Waals surface area contributed by atoms with Crippen molar-refractivity contribution in [1.29, 1.82) is 0 Å². The zero-order valence-electron chi connectivity index (χ0n) is 11.6. The fraction of sp³-hybridized carbons (Fsp3) is 0.176. The summed E-state index contributed by atoms with van der Waals surface area (Å²) < 4.78 is 7.22. The van der Waals surface area contributed by atoms with Crippen LogP contribution in [-0.4, -0.2) is 6.54 Å². The van der Waals surface area contributed by atoms with Crippen LogP contribution in [-0.2, 0) is 0 Å². The van der Waals surface area contributed by atoms with Gasteiger partial charge in [0.25, 0.3) is 0 Å². The summed E-state index contributed by atoms with van der Waals surface area (Å²) in [6.07, 6.45) is 0. The van der Waals surface area contributed by atoms with E-state index < -0.39 is 0 Å². The number of rotatable bonds is 4. The molecule has 0 spiro atoms. The number of fused-ring (bicyclic) bond motifs is 1. The molecule has 3 aromatic rings. The number of nitrogens with one attached hydrogen (secondary N) is 1. The molecule has 0 fully saturated rings. The van der Waals surface area contributed by atoms with Crippen LogP contribution in [0.5, 0.6) is 0 Å². The summed E-state index contributed by atoms with van der Waals surface area (Å²) in [7, 11) is 0. The number of halogens is 2. The van der Waals surface area contributed by atoms with Crippen LogP contribution < -0.4 is 5.32 Å². The Morgan fingerprint density at radius 1 is 1.19 bits per heavy atom. The van der Waals surface area contributed by atoms with Crippen molar-refractivity contribution in [2.24, 2.45) is 0 Å². The molecule has 0 saturated heterocycles. The van der Waals surface area contributed by atoms with Crippen molar-refractivity contribution in [2.45, 2.75) is 13.0 Å². The molecule has 0 aliphatic rings. The Labute approximate surface area is 142 Å². The van der Waals surface area contributed by atoms with Crippen LogP contribution in [0.1, 0.15) is 24.3 Å². The third-order valence-electron chi connectivity index (χ3n) is 3.39. The zero-order valence-corrected chi connectivity index (χ0v) is 14.5. The van der Waals surface area contributed by atoms with Crippen molar-refractivity contribution in [3.05, 3.63) is 68.4 Å². The molecule has 0 saturated carbocycles. The molecule has 1 unspecified atom stereocenters. The summed E-state index contributed by atoms with van der Waals surface area (Å²) in [5.41, 5.74) is 1.95. The van der Waals surface area contributed by atoms with Gasteiger partial charge in [-0.1, -0.05) is 42.8 Å². The van der Waals surface area contributed by atoms with E-state index in [2.05, 4.69) is 65.2 Å². The van der Waals surface area contributed by atoms with E-state index in [1.165, 1.54) is 9.13 Å². The van der Waals surface area contributed by atoms with Crippen LogP contribution in [0.2, 0.25) is 5.02 Å². The highest BCUT2D eigenvalue weighted by Crippen LogP contribution is 2.32. The van der Waals surface area contributed by atoms with E-state index in [4.69, 9.17) is 16.0 Å². The molecule has 3 rings (SSSR count). The van der Waals surface area contributed by atoms with Gasteiger partial charge in [-0.3, -0.25) is 0 Å². The minimum Gasteiger partial charge on any atom is -0.457 e. The Morgan fingerprint density at radius 2 is 2.00 bits per heavy atom. The molecule has 1 N–H and O–H groups in total. The first kappa shape index (κ1) is 14.9. The molecule has 0 aliphatic heterocycles. The van der Waals surface area contributed by atoms with Crippen molar-refractivity contribution in [1.82, 2.24) is 5.32 Å². The van der Waals surface area contributed by atoms with Gasteiger partial charge in [0.05, 0.1) is 11.1 Å². The van der Waals surface area contributed by atoms with Gasteiger partial charge in [0, 0.05) is 8.96 Å². The summed E-state index contributed by atoms with van der Waals surface area (Å²) in [4.78, 5) is 0. The van der Waals surface area contributed by atoms with Crippen LogP contribution >= 0.6 is 34.2 Å². The molecule has 2 aromatic carbocycles. The molecule has 0 bridgehead atoms. The highest BCUT2D eigenvalue weighted by atomic mass is 127. The van der Waals surface area contributed by atoms with Crippen LogP contribution in [0, 0.1) is 3.57 Å². The van der Waals surface area contributed by atoms with Gasteiger partial charge in [-0.15, -0.1) is 0 Å². The first-order valence-corrected chi connectivity index (χ1v) is 8.31. The van der Waals surface area contributed by atoms with Gasteiger partial charge in [-0.25, -0.2) is 0 Å². The SMILES string of the molecule is CCNC(c1cccc(I)c1)c1cc2cccc(Cl)c2o1. The lowest BCUT2D eigenvalue weighted by atomic mass is 10.0. The molecule has 4 heteroatoms. The number of furan rings is 1. The summed E-state index contributed by atoms with van der Waals surface area (Å²) >= 11 is 8.53. The standard InChI is InChI=1S/C17H15ClINO/c1-2-20-16(11-5-3-7-13(19)9-11)15-10-12-6-4-8-14(18)17(12)21-15/h3-10,16,20H,2H2,1H3. The van der Waals surface area contributed by atoms with Crippen molar-refractivity contribution >= 4 is 45.2 Å². The van der Waals surface area contributed by atoms with Gasteiger partial charge in [0.2, 0.25) is 0 Å². The second-order valence-electron chi connectivity index (χ2n) is 4.85. The van der Waals surface area contributed by atoms with Crippen LogP contribution in [0.25, 0.3) is 11.0 Å². The molecular weight excluding hydrogens is 397 g/mol.